The van der Waals surface area contributed by atoms with Crippen LogP contribution in [0.5, 0.6) is 5.75 Å². The van der Waals surface area contributed by atoms with Gasteiger partial charge in [0.05, 0.1) is 13.2 Å². The van der Waals surface area contributed by atoms with Gasteiger partial charge in [-0.25, -0.2) is 5.01 Å². The molecule has 0 aliphatic carbocycles. The Morgan fingerprint density at radius 2 is 1.79 bits per heavy atom. The van der Waals surface area contributed by atoms with Crippen LogP contribution < -0.4 is 10.2 Å². The summed E-state index contributed by atoms with van der Waals surface area (Å²) >= 11 is 0. The monoisotopic (exact) mass is 460 g/mol. The molecule has 6 nitrogen and oxygen atoms in total. The second kappa shape index (κ2) is 10.3. The largest absolute Gasteiger partial charge is 0.497 e. The molecular formula is C28H36N4O2. The summed E-state index contributed by atoms with van der Waals surface area (Å²) in [6.45, 7) is 8.86. The summed E-state index contributed by atoms with van der Waals surface area (Å²) in [5.41, 5.74) is 6.19. The van der Waals surface area contributed by atoms with Crippen molar-refractivity contribution in [2.45, 2.75) is 43.8 Å². The van der Waals surface area contributed by atoms with Crippen LogP contribution in [0.3, 0.4) is 0 Å². The van der Waals surface area contributed by atoms with Crippen molar-refractivity contribution in [2.75, 3.05) is 39.8 Å². The molecule has 3 unspecified atom stereocenters. The Morgan fingerprint density at radius 1 is 1.09 bits per heavy atom. The average Bonchev–Trinajstić information content (AvgIpc) is 3.45. The summed E-state index contributed by atoms with van der Waals surface area (Å²) in [4.78, 5) is 18.0. The van der Waals surface area contributed by atoms with Crippen molar-refractivity contribution in [3.8, 4) is 5.75 Å². The molecule has 34 heavy (non-hydrogen) atoms. The van der Waals surface area contributed by atoms with Crippen LogP contribution in [0.4, 0.5) is 0 Å². The molecule has 1 N–H and O–H groups in total. The maximum absolute atomic E-state index is 12.7. The average molecular weight is 461 g/mol. The van der Waals surface area contributed by atoms with Crippen molar-refractivity contribution >= 4 is 5.91 Å². The van der Waals surface area contributed by atoms with E-state index in [4.69, 9.17) is 4.74 Å². The third-order valence-corrected chi connectivity index (χ3v) is 7.63. The van der Waals surface area contributed by atoms with Crippen LogP contribution in [-0.2, 0) is 0 Å². The van der Waals surface area contributed by atoms with E-state index in [9.17, 15) is 4.79 Å². The molecule has 3 heterocycles. The van der Waals surface area contributed by atoms with Gasteiger partial charge in [-0.2, -0.15) is 0 Å². The van der Waals surface area contributed by atoms with E-state index in [1.165, 1.54) is 24.0 Å². The third kappa shape index (κ3) is 4.76. The lowest BCUT2D eigenvalue weighted by Gasteiger charge is -2.44. The highest BCUT2D eigenvalue weighted by atomic mass is 16.5. The van der Waals surface area contributed by atoms with Crippen molar-refractivity contribution < 1.29 is 9.53 Å². The smallest absolute Gasteiger partial charge is 0.265 e. The number of nitrogens with one attached hydrogen (secondary N) is 1. The van der Waals surface area contributed by atoms with E-state index in [0.717, 1.165) is 51.3 Å². The molecule has 3 saturated heterocycles. The number of carbonyl (C=O) groups is 1. The molecule has 180 valence electrons. The Hall–Kier alpha value is -2.67. The number of benzene rings is 2. The quantitative estimate of drug-likeness (QED) is 0.607. The fraction of sp³-hybridized carbons (Fsp3) is 0.464. The number of hydrogen-bond donors (Lipinski definition) is 1. The van der Waals surface area contributed by atoms with Gasteiger partial charge in [-0.05, 0) is 61.1 Å². The van der Waals surface area contributed by atoms with Gasteiger partial charge in [-0.3, -0.25) is 20.0 Å². The molecule has 3 atom stereocenters. The summed E-state index contributed by atoms with van der Waals surface area (Å²) < 4.78 is 5.55. The minimum Gasteiger partial charge on any atom is -0.497 e. The number of carbonyl (C=O) groups excluding carboxylic acids is 1. The van der Waals surface area contributed by atoms with Crippen LogP contribution in [0.25, 0.3) is 0 Å². The van der Waals surface area contributed by atoms with Crippen molar-refractivity contribution in [3.05, 3.63) is 77.9 Å². The summed E-state index contributed by atoms with van der Waals surface area (Å²) in [5.74, 6) is 0.847. The SMILES string of the molecule is C=CCN1C2CCC1CN(C(c1ccc(C(=O)NN3CCCC3)cc1)c1cccc(OC)c1)C2. The number of ether oxygens (including phenoxy) is 1. The van der Waals surface area contributed by atoms with Crippen LogP contribution >= 0.6 is 0 Å². The zero-order chi connectivity index (χ0) is 23.5. The minimum atomic E-state index is -0.0255. The number of hydrazine groups is 1. The van der Waals surface area contributed by atoms with Crippen molar-refractivity contribution in [3.63, 3.8) is 0 Å². The van der Waals surface area contributed by atoms with E-state index in [1.807, 2.05) is 29.3 Å². The third-order valence-electron chi connectivity index (χ3n) is 7.63. The number of nitrogens with zero attached hydrogens (tertiary/aromatic N) is 3. The number of amides is 1. The summed E-state index contributed by atoms with van der Waals surface area (Å²) in [5, 5.41) is 2.02. The normalized spacial score (nSPS) is 24.1. The highest BCUT2D eigenvalue weighted by molar-refractivity contribution is 5.93. The van der Waals surface area contributed by atoms with E-state index in [-0.39, 0.29) is 11.9 Å². The highest BCUT2D eigenvalue weighted by Gasteiger charge is 2.41. The maximum atomic E-state index is 12.7. The lowest BCUT2D eigenvalue weighted by molar-refractivity contribution is 0.0582. The first-order valence-electron chi connectivity index (χ1n) is 12.6. The van der Waals surface area contributed by atoms with E-state index in [2.05, 4.69) is 52.1 Å². The summed E-state index contributed by atoms with van der Waals surface area (Å²) in [6.07, 6.45) is 6.81. The Kier molecular flexibility index (Phi) is 6.99. The number of likely N-dealkylation sites (tertiary alicyclic amines) is 1. The molecule has 1 amide bonds. The Morgan fingerprint density at radius 3 is 2.44 bits per heavy atom. The van der Waals surface area contributed by atoms with Gasteiger partial charge >= 0.3 is 0 Å². The fourth-order valence-corrected chi connectivity index (χ4v) is 5.96. The molecule has 3 fully saturated rings. The van der Waals surface area contributed by atoms with Crippen LogP contribution in [0, 0.1) is 0 Å². The van der Waals surface area contributed by atoms with E-state index in [1.54, 1.807) is 7.11 Å². The molecule has 3 aliphatic rings. The maximum Gasteiger partial charge on any atom is 0.265 e. The molecule has 0 aromatic heterocycles. The van der Waals surface area contributed by atoms with E-state index >= 15 is 0 Å². The molecule has 0 saturated carbocycles. The molecule has 6 heteroatoms. The first-order valence-corrected chi connectivity index (χ1v) is 12.6. The second-order valence-electron chi connectivity index (χ2n) is 9.76. The molecule has 2 aromatic carbocycles. The van der Waals surface area contributed by atoms with Crippen molar-refractivity contribution in [2.24, 2.45) is 0 Å². The topological polar surface area (TPSA) is 48.0 Å². The molecule has 2 bridgehead atoms. The van der Waals surface area contributed by atoms with Gasteiger partial charge < -0.3 is 4.74 Å². The van der Waals surface area contributed by atoms with Gasteiger partial charge in [0.1, 0.15) is 5.75 Å². The van der Waals surface area contributed by atoms with Crippen molar-refractivity contribution in [1.29, 1.82) is 0 Å². The van der Waals surface area contributed by atoms with Crippen LogP contribution in [0.2, 0.25) is 0 Å². The van der Waals surface area contributed by atoms with Gasteiger partial charge in [0.2, 0.25) is 0 Å². The first-order chi connectivity index (χ1) is 16.7. The van der Waals surface area contributed by atoms with Crippen LogP contribution in [0.15, 0.2) is 61.2 Å². The molecule has 2 aromatic rings. The number of hydrogen-bond acceptors (Lipinski definition) is 5. The molecule has 5 rings (SSSR count). The van der Waals surface area contributed by atoms with Gasteiger partial charge in [0.25, 0.3) is 5.91 Å². The number of fused-ring (bicyclic) bond motifs is 2. The summed E-state index contributed by atoms with van der Waals surface area (Å²) in [6, 6.07) is 17.9. The summed E-state index contributed by atoms with van der Waals surface area (Å²) in [7, 11) is 1.72. The molecule has 0 radical (unpaired) electrons. The van der Waals surface area contributed by atoms with Gasteiger partial charge in [0.15, 0.2) is 0 Å². The van der Waals surface area contributed by atoms with E-state index in [0.29, 0.717) is 17.6 Å². The van der Waals surface area contributed by atoms with Crippen LogP contribution in [-0.4, -0.2) is 72.6 Å². The lowest BCUT2D eigenvalue weighted by Crippen LogP contribution is -2.54. The van der Waals surface area contributed by atoms with Gasteiger partial charge in [0, 0.05) is 50.4 Å². The molecular weight excluding hydrogens is 424 g/mol. The molecule has 3 aliphatic heterocycles. The predicted octanol–water partition coefficient (Wildman–Crippen LogP) is 3.86. The Bertz CT molecular complexity index is 988. The number of methoxy groups -OCH3 is 1. The Balaban J connectivity index is 1.41. The number of rotatable bonds is 8. The highest BCUT2D eigenvalue weighted by Crippen LogP contribution is 2.38. The predicted molar refractivity (Wildman–Crippen MR) is 135 cm³/mol. The van der Waals surface area contributed by atoms with Gasteiger partial charge in [-0.1, -0.05) is 30.3 Å². The van der Waals surface area contributed by atoms with E-state index < -0.39 is 0 Å². The van der Waals surface area contributed by atoms with Crippen LogP contribution in [0.1, 0.15) is 53.2 Å². The zero-order valence-electron chi connectivity index (χ0n) is 20.2. The zero-order valence-corrected chi connectivity index (χ0v) is 20.2. The first kappa shape index (κ1) is 23.1. The van der Waals surface area contributed by atoms with Gasteiger partial charge in [-0.15, -0.1) is 6.58 Å². The standard InChI is InChI=1S/C28H36N4O2/c1-3-15-32-24-13-14-25(32)20-30(19-24)27(23-7-6-8-26(18-23)34-2)21-9-11-22(12-10-21)28(33)29-31-16-4-5-17-31/h3,6-12,18,24-25,27H,1,4-5,13-17,19-20H2,2H3,(H,29,33). The molecule has 0 spiro atoms. The van der Waals surface area contributed by atoms with Crippen molar-refractivity contribution in [1.82, 2.24) is 20.2 Å². The second-order valence-corrected chi connectivity index (χ2v) is 9.76. The Labute approximate surface area is 203 Å². The number of piperazine rings is 1. The fourth-order valence-electron chi connectivity index (χ4n) is 5.96. The minimum absolute atomic E-state index is 0.0255. The lowest BCUT2D eigenvalue weighted by atomic mass is 9.94.